The Labute approximate surface area is 162 Å². The number of aryl methyl sites for hydroxylation is 1. The minimum atomic E-state index is -0.357. The fourth-order valence-electron chi connectivity index (χ4n) is 3.20. The maximum Gasteiger partial charge on any atom is 0.290 e. The predicted octanol–water partition coefficient (Wildman–Crippen LogP) is 3.04. The maximum atomic E-state index is 11.7. The summed E-state index contributed by atoms with van der Waals surface area (Å²) in [7, 11) is 0. The van der Waals surface area contributed by atoms with E-state index >= 15 is 0 Å². The van der Waals surface area contributed by atoms with Gasteiger partial charge < -0.3 is 9.80 Å². The van der Waals surface area contributed by atoms with Crippen LogP contribution < -0.4 is 15.1 Å². The van der Waals surface area contributed by atoms with Gasteiger partial charge in [-0.1, -0.05) is 23.8 Å². The molecule has 0 atom stereocenters. The van der Waals surface area contributed by atoms with E-state index in [1.54, 1.807) is 6.08 Å². The van der Waals surface area contributed by atoms with Crippen molar-refractivity contribution in [3.05, 3.63) is 58.6 Å². The van der Waals surface area contributed by atoms with Gasteiger partial charge in [0, 0.05) is 31.9 Å². The van der Waals surface area contributed by atoms with Crippen molar-refractivity contribution >= 4 is 40.5 Å². The van der Waals surface area contributed by atoms with Crippen LogP contribution in [0.5, 0.6) is 0 Å². The van der Waals surface area contributed by atoms with Crippen LogP contribution in [-0.2, 0) is 4.79 Å². The van der Waals surface area contributed by atoms with Gasteiger partial charge in [0.05, 0.1) is 10.6 Å². The molecule has 0 radical (unpaired) electrons. The molecule has 2 aliphatic rings. The first-order valence-corrected chi connectivity index (χ1v) is 9.69. The fraction of sp³-hybridized carbons (Fsp3) is 0.250. The van der Waals surface area contributed by atoms with Crippen LogP contribution >= 0.6 is 11.8 Å². The van der Waals surface area contributed by atoms with Crippen LogP contribution in [-0.4, -0.2) is 42.3 Å². The first-order chi connectivity index (χ1) is 13.1. The van der Waals surface area contributed by atoms with Crippen molar-refractivity contribution in [2.24, 2.45) is 0 Å². The molecule has 0 saturated carbocycles. The number of nitrogens with one attached hydrogen (secondary N) is 1. The number of carbonyl (C=O) groups excluding carboxylic acids is 2. The zero-order chi connectivity index (χ0) is 18.8. The van der Waals surface area contributed by atoms with Crippen LogP contribution in [0.1, 0.15) is 11.3 Å². The van der Waals surface area contributed by atoms with Crippen LogP contribution in [0.15, 0.2) is 47.4 Å². The molecule has 1 N–H and O–H groups in total. The topological polar surface area (TPSA) is 65.5 Å². The van der Waals surface area contributed by atoms with E-state index in [9.17, 15) is 9.59 Å². The van der Waals surface area contributed by atoms with Gasteiger partial charge in [-0.2, -0.15) is 0 Å². The van der Waals surface area contributed by atoms with Crippen molar-refractivity contribution < 1.29 is 9.59 Å². The third kappa shape index (κ3) is 3.98. The summed E-state index contributed by atoms with van der Waals surface area (Å²) in [6.07, 6.45) is 1.66. The van der Waals surface area contributed by atoms with E-state index in [1.165, 1.54) is 11.3 Å². The third-order valence-electron chi connectivity index (χ3n) is 4.68. The highest BCUT2D eigenvalue weighted by Gasteiger charge is 2.25. The van der Waals surface area contributed by atoms with Crippen molar-refractivity contribution in [2.45, 2.75) is 6.92 Å². The molecule has 0 spiro atoms. The van der Waals surface area contributed by atoms with Crippen LogP contribution in [0.3, 0.4) is 0 Å². The molecule has 2 aliphatic heterocycles. The number of rotatable bonds is 3. The number of carbonyl (C=O) groups is 2. The van der Waals surface area contributed by atoms with Gasteiger partial charge in [-0.25, -0.2) is 4.98 Å². The largest absolute Gasteiger partial charge is 0.368 e. The summed E-state index contributed by atoms with van der Waals surface area (Å²) in [6.45, 7) is 5.73. The molecule has 27 heavy (non-hydrogen) atoms. The van der Waals surface area contributed by atoms with Crippen LogP contribution in [0.25, 0.3) is 6.08 Å². The average molecular weight is 380 g/mol. The lowest BCUT2D eigenvalue weighted by atomic mass is 10.2. The lowest BCUT2D eigenvalue weighted by Gasteiger charge is -2.36. The molecule has 7 heteroatoms. The van der Waals surface area contributed by atoms with Crippen molar-refractivity contribution in [1.29, 1.82) is 0 Å². The second kappa shape index (κ2) is 7.44. The van der Waals surface area contributed by atoms with Gasteiger partial charge >= 0.3 is 0 Å². The Morgan fingerprint density at radius 2 is 1.70 bits per heavy atom. The quantitative estimate of drug-likeness (QED) is 0.826. The highest BCUT2D eigenvalue weighted by atomic mass is 32.2. The number of aromatic nitrogens is 1. The minimum Gasteiger partial charge on any atom is -0.368 e. The Morgan fingerprint density at radius 1 is 1.00 bits per heavy atom. The summed E-state index contributed by atoms with van der Waals surface area (Å²) in [5.41, 5.74) is 3.20. The lowest BCUT2D eigenvalue weighted by molar-refractivity contribution is -0.115. The van der Waals surface area contributed by atoms with Crippen molar-refractivity contribution in [3.8, 4) is 0 Å². The van der Waals surface area contributed by atoms with E-state index in [0.717, 1.165) is 43.8 Å². The molecule has 2 amide bonds. The molecule has 4 rings (SSSR count). The van der Waals surface area contributed by atoms with Crippen molar-refractivity contribution in [1.82, 2.24) is 10.3 Å². The van der Waals surface area contributed by atoms with Crippen molar-refractivity contribution in [2.75, 3.05) is 36.0 Å². The van der Waals surface area contributed by atoms with E-state index in [-0.39, 0.29) is 11.1 Å². The summed E-state index contributed by atoms with van der Waals surface area (Å²) < 4.78 is 0. The van der Waals surface area contributed by atoms with E-state index in [1.807, 2.05) is 18.2 Å². The molecular weight excluding hydrogens is 360 g/mol. The molecule has 0 unspecified atom stereocenters. The number of imide groups is 1. The predicted molar refractivity (Wildman–Crippen MR) is 109 cm³/mol. The van der Waals surface area contributed by atoms with Crippen LogP contribution in [0, 0.1) is 6.92 Å². The second-order valence-electron chi connectivity index (χ2n) is 6.58. The maximum absolute atomic E-state index is 11.7. The van der Waals surface area contributed by atoms with E-state index < -0.39 is 0 Å². The fourth-order valence-corrected chi connectivity index (χ4v) is 3.87. The smallest absolute Gasteiger partial charge is 0.290 e. The number of hydrogen-bond donors (Lipinski definition) is 1. The summed E-state index contributed by atoms with van der Waals surface area (Å²) in [5, 5.41) is 1.92. The van der Waals surface area contributed by atoms with Crippen molar-refractivity contribution in [3.63, 3.8) is 0 Å². The van der Waals surface area contributed by atoms with Gasteiger partial charge in [-0.3, -0.25) is 14.9 Å². The molecular formula is C20H20N4O2S. The number of thioether (sulfide) groups is 1. The van der Waals surface area contributed by atoms with Gasteiger partial charge in [0.2, 0.25) is 0 Å². The number of benzene rings is 1. The molecule has 3 heterocycles. The minimum absolute atomic E-state index is 0.338. The summed E-state index contributed by atoms with van der Waals surface area (Å²) in [5.74, 6) is 0.534. The molecule has 2 fully saturated rings. The van der Waals surface area contributed by atoms with Gasteiger partial charge in [0.1, 0.15) is 5.82 Å². The van der Waals surface area contributed by atoms with Gasteiger partial charge in [0.25, 0.3) is 11.1 Å². The molecule has 1 aromatic carbocycles. The normalized spacial score (nSPS) is 18.9. The Bertz CT molecular complexity index is 902. The SMILES string of the molecule is Cc1ccc(N2CCN(c3cccc(/C=C4/SC(=O)NC4=O)n3)CC2)cc1. The monoisotopic (exact) mass is 380 g/mol. The number of anilines is 2. The lowest BCUT2D eigenvalue weighted by Crippen LogP contribution is -2.46. The molecule has 2 saturated heterocycles. The molecule has 138 valence electrons. The van der Waals surface area contributed by atoms with Gasteiger partial charge in [0.15, 0.2) is 0 Å². The molecule has 1 aromatic heterocycles. The molecule has 2 aromatic rings. The molecule has 6 nitrogen and oxygen atoms in total. The van der Waals surface area contributed by atoms with E-state index in [0.29, 0.717) is 10.6 Å². The van der Waals surface area contributed by atoms with Crippen LogP contribution in [0.2, 0.25) is 0 Å². The molecule has 0 aliphatic carbocycles. The second-order valence-corrected chi connectivity index (χ2v) is 7.60. The number of hydrogen-bond acceptors (Lipinski definition) is 6. The Morgan fingerprint density at radius 3 is 2.37 bits per heavy atom. The number of amides is 2. The zero-order valence-electron chi connectivity index (χ0n) is 15.0. The third-order valence-corrected chi connectivity index (χ3v) is 5.49. The first kappa shape index (κ1) is 17.6. The number of nitrogens with zero attached hydrogens (tertiary/aromatic N) is 3. The van der Waals surface area contributed by atoms with E-state index in [4.69, 9.17) is 0 Å². The first-order valence-electron chi connectivity index (χ1n) is 8.87. The Hall–Kier alpha value is -2.80. The summed E-state index contributed by atoms with van der Waals surface area (Å²) >= 11 is 0.910. The Balaban J connectivity index is 1.44. The number of piperazine rings is 1. The number of pyridine rings is 1. The zero-order valence-corrected chi connectivity index (χ0v) is 15.8. The highest BCUT2D eigenvalue weighted by Crippen LogP contribution is 2.26. The van der Waals surface area contributed by atoms with Crippen LogP contribution in [0.4, 0.5) is 16.3 Å². The van der Waals surface area contributed by atoms with E-state index in [2.05, 4.69) is 51.3 Å². The highest BCUT2D eigenvalue weighted by molar-refractivity contribution is 8.18. The summed E-state index contributed by atoms with van der Waals surface area (Å²) in [6, 6.07) is 14.4. The average Bonchev–Trinajstić information content (AvgIpc) is 3.00. The van der Waals surface area contributed by atoms with Gasteiger partial charge in [-0.05, 0) is 49.0 Å². The standard InChI is InChI=1S/C20H20N4O2S/c1-14-5-7-16(8-6-14)23-9-11-24(12-10-23)18-4-2-3-15(21-18)13-17-19(25)22-20(26)27-17/h2-8,13H,9-12H2,1H3,(H,22,25,26)/b17-13+. The summed E-state index contributed by atoms with van der Waals surface area (Å²) in [4.78, 5) is 32.7. The van der Waals surface area contributed by atoms with Gasteiger partial charge in [-0.15, -0.1) is 0 Å². The Kier molecular flexibility index (Phi) is 4.85. The molecule has 0 bridgehead atoms.